The van der Waals surface area contributed by atoms with E-state index in [2.05, 4.69) is 10.6 Å². The van der Waals surface area contributed by atoms with E-state index in [9.17, 15) is 28.8 Å². The van der Waals surface area contributed by atoms with E-state index in [0.29, 0.717) is 12.8 Å². The van der Waals surface area contributed by atoms with Crippen molar-refractivity contribution in [1.29, 1.82) is 0 Å². The zero-order chi connectivity index (χ0) is 29.4. The molecular weight excluding hydrogens is 650 g/mol. The zero-order valence-electron chi connectivity index (χ0n) is 22.5. The van der Waals surface area contributed by atoms with Crippen LogP contribution in [0.1, 0.15) is 65.4 Å². The topological polar surface area (TPSA) is 145 Å². The third kappa shape index (κ3) is 6.70. The normalized spacial score (nSPS) is 13.4. The number of ether oxygens (including phenoxy) is 2. The number of carbonyl (C=O) groups excluding carboxylic acids is 6. The second kappa shape index (κ2) is 14.4. The third-order valence-electron chi connectivity index (χ3n) is 6.36. The van der Waals surface area contributed by atoms with Gasteiger partial charge in [-0.15, -0.1) is 0 Å². The summed E-state index contributed by atoms with van der Waals surface area (Å²) in [6, 6.07) is 6.81. The molecule has 0 fully saturated rings. The van der Waals surface area contributed by atoms with Crippen molar-refractivity contribution in [2.24, 2.45) is 0 Å². The first kappa shape index (κ1) is 31.2. The van der Waals surface area contributed by atoms with Gasteiger partial charge in [0.25, 0.3) is 0 Å². The Morgan fingerprint density at radius 1 is 0.700 bits per heavy atom. The average Bonchev–Trinajstić information content (AvgIpc) is 2.98. The zero-order valence-corrected chi connectivity index (χ0v) is 26.0. The van der Waals surface area contributed by atoms with Crippen LogP contribution in [0.3, 0.4) is 0 Å². The Morgan fingerprint density at radius 3 is 1.45 bits per heavy atom. The Morgan fingerprint density at radius 2 is 1.10 bits per heavy atom. The molecule has 2 atom stereocenters. The maximum absolute atomic E-state index is 13.9. The van der Waals surface area contributed by atoms with Crippen molar-refractivity contribution < 1.29 is 38.2 Å². The van der Waals surface area contributed by atoms with Gasteiger partial charge in [0.2, 0.25) is 0 Å². The number of benzene rings is 2. The van der Waals surface area contributed by atoms with Crippen molar-refractivity contribution in [2.45, 2.75) is 47.2 Å². The van der Waals surface area contributed by atoms with E-state index in [1.165, 1.54) is 50.6 Å². The van der Waals surface area contributed by atoms with Gasteiger partial charge >= 0.3 is 245 Å². The van der Waals surface area contributed by atoms with Crippen molar-refractivity contribution in [3.05, 3.63) is 69.8 Å². The van der Waals surface area contributed by atoms with Crippen molar-refractivity contribution in [1.82, 2.24) is 10.6 Å². The Labute approximate surface area is 244 Å². The summed E-state index contributed by atoms with van der Waals surface area (Å²) in [5.74, 6) is 0.152. The number of esters is 2. The van der Waals surface area contributed by atoms with Crippen LogP contribution in [0.5, 0.6) is 0 Å². The summed E-state index contributed by atoms with van der Waals surface area (Å²) in [4.78, 5) is 78.6. The van der Waals surface area contributed by atoms with Crippen molar-refractivity contribution in [2.75, 3.05) is 14.2 Å². The molecule has 0 radical (unpaired) electrons. The predicted octanol–water partition coefficient (Wildman–Crippen LogP) is 2.13. The molecule has 10 nitrogen and oxygen atoms in total. The predicted molar refractivity (Wildman–Crippen MR) is 148 cm³/mol. The molecule has 0 heterocycles. The molecular formula is C28H30N2O8Se2. The molecule has 0 bridgehead atoms. The van der Waals surface area contributed by atoms with E-state index in [0.717, 1.165) is 10.6 Å². The molecule has 0 spiro atoms. The molecule has 2 amide bonds. The SMILES string of the molecule is COC(=O)C(CC[Se]C)NC(=O)c1cccc2c1C(=O)c1c(C(=O)NC(CC[Se]C)C(=O)OC)cccc1C2=O. The van der Waals surface area contributed by atoms with Gasteiger partial charge in [-0.05, 0) is 0 Å². The van der Waals surface area contributed by atoms with Gasteiger partial charge in [-0.2, -0.15) is 0 Å². The van der Waals surface area contributed by atoms with Crippen LogP contribution >= 0.6 is 0 Å². The summed E-state index contributed by atoms with van der Waals surface area (Å²) in [6.07, 6.45) is 0.731. The molecule has 0 saturated heterocycles. The summed E-state index contributed by atoms with van der Waals surface area (Å²) in [7, 11) is 2.45. The van der Waals surface area contributed by atoms with Gasteiger partial charge in [0.05, 0.1) is 0 Å². The number of fused-ring (bicyclic) bond motifs is 2. The van der Waals surface area contributed by atoms with Gasteiger partial charge in [0, 0.05) is 0 Å². The first-order valence-corrected chi connectivity index (χ1v) is 18.2. The standard InChI is InChI=1S/C28H30N2O8Se2/c1-37-27(35)19(11-13-39-3)29-25(33)17-9-5-7-15-21(17)24(32)22-16(23(15)31)8-6-10-18(22)26(34)30-20(12-14-40-4)28(36)38-2/h5-10,19-20H,11-14H2,1-4H3,(H,29,33)(H,30,34). The Balaban J connectivity index is 2.02. The van der Waals surface area contributed by atoms with Gasteiger partial charge in [-0.1, -0.05) is 0 Å². The van der Waals surface area contributed by atoms with Crippen molar-refractivity contribution >= 4 is 65.2 Å². The van der Waals surface area contributed by atoms with Gasteiger partial charge in [0.15, 0.2) is 0 Å². The number of methoxy groups -OCH3 is 2. The van der Waals surface area contributed by atoms with E-state index < -0.39 is 47.4 Å². The molecule has 212 valence electrons. The fraction of sp³-hybridized carbons (Fsp3) is 0.357. The monoisotopic (exact) mass is 682 g/mol. The number of amides is 2. The molecule has 2 unspecified atom stereocenters. The molecule has 40 heavy (non-hydrogen) atoms. The molecule has 1 aliphatic rings. The van der Waals surface area contributed by atoms with Crippen LogP contribution in [0.4, 0.5) is 0 Å². The third-order valence-corrected chi connectivity index (χ3v) is 9.07. The molecule has 1 aliphatic carbocycles. The van der Waals surface area contributed by atoms with Crippen LogP contribution in [0.2, 0.25) is 22.3 Å². The van der Waals surface area contributed by atoms with E-state index >= 15 is 0 Å². The fourth-order valence-electron chi connectivity index (χ4n) is 4.35. The second-order valence-electron chi connectivity index (χ2n) is 8.78. The van der Waals surface area contributed by atoms with Crippen LogP contribution < -0.4 is 10.6 Å². The molecule has 0 aromatic heterocycles. The maximum atomic E-state index is 13.9. The van der Waals surface area contributed by atoms with Gasteiger partial charge in [0.1, 0.15) is 0 Å². The average molecular weight is 680 g/mol. The van der Waals surface area contributed by atoms with Crippen LogP contribution in [0.15, 0.2) is 36.4 Å². The Kier molecular flexibility index (Phi) is 11.2. The van der Waals surface area contributed by atoms with Crippen molar-refractivity contribution in [3.63, 3.8) is 0 Å². The van der Waals surface area contributed by atoms with E-state index in [4.69, 9.17) is 9.47 Å². The van der Waals surface area contributed by atoms with E-state index in [1.54, 1.807) is 0 Å². The number of nitrogens with one attached hydrogen (secondary N) is 2. The van der Waals surface area contributed by atoms with E-state index in [1.807, 2.05) is 11.6 Å². The minimum atomic E-state index is -0.919. The first-order chi connectivity index (χ1) is 19.2. The number of hydrogen-bond donors (Lipinski definition) is 2. The summed E-state index contributed by atoms with van der Waals surface area (Å²) >= 11 is 0.520. The second-order valence-corrected chi connectivity index (χ2v) is 12.9. The fourth-order valence-corrected chi connectivity index (χ4v) is 6.32. The molecule has 0 aliphatic heterocycles. The molecule has 2 aromatic rings. The molecule has 2 N–H and O–H groups in total. The number of ketones is 2. The Hall–Kier alpha value is -3.30. The van der Waals surface area contributed by atoms with Crippen LogP contribution in [-0.2, 0) is 19.1 Å². The summed E-state index contributed by atoms with van der Waals surface area (Å²) < 4.78 is 9.64. The molecule has 2 aromatic carbocycles. The van der Waals surface area contributed by atoms with Crippen LogP contribution in [-0.4, -0.2) is 91.5 Å². The minimum absolute atomic E-state index is 0.0202. The van der Waals surface area contributed by atoms with E-state index in [-0.39, 0.29) is 63.3 Å². The van der Waals surface area contributed by atoms with Crippen LogP contribution in [0.25, 0.3) is 0 Å². The Bertz CT molecular complexity index is 1250. The number of hydrogen-bond acceptors (Lipinski definition) is 8. The first-order valence-electron chi connectivity index (χ1n) is 12.3. The molecule has 0 saturated carbocycles. The van der Waals surface area contributed by atoms with Crippen molar-refractivity contribution in [3.8, 4) is 0 Å². The summed E-state index contributed by atoms with van der Waals surface area (Å²) in [5.41, 5.74) is -0.451. The molecule has 3 rings (SSSR count). The van der Waals surface area contributed by atoms with Gasteiger partial charge in [-0.25, -0.2) is 0 Å². The molecule has 12 heteroatoms. The summed E-state index contributed by atoms with van der Waals surface area (Å²) in [5, 5.41) is 6.70. The number of carbonyl (C=O) groups is 6. The van der Waals surface area contributed by atoms with Gasteiger partial charge in [-0.3, -0.25) is 0 Å². The quantitative estimate of drug-likeness (QED) is 0.219. The van der Waals surface area contributed by atoms with Crippen LogP contribution in [0, 0.1) is 0 Å². The summed E-state index contributed by atoms with van der Waals surface area (Å²) in [6.45, 7) is 0. The van der Waals surface area contributed by atoms with Gasteiger partial charge < -0.3 is 0 Å². The number of rotatable bonds is 12.